The topological polar surface area (TPSA) is 109 Å². The predicted octanol–water partition coefficient (Wildman–Crippen LogP) is -1.76. The molecule has 0 unspecified atom stereocenters. The lowest BCUT2D eigenvalue weighted by atomic mass is 9.90. The molecule has 4 N–H and O–H groups in total. The van der Waals surface area contributed by atoms with E-state index in [0.717, 1.165) is 0 Å². The van der Waals surface area contributed by atoms with Crippen LogP contribution in [0.1, 0.15) is 0 Å². The Balaban J connectivity index is 4.43. The van der Waals surface area contributed by atoms with Crippen LogP contribution in [-0.4, -0.2) is 87.5 Å². The summed E-state index contributed by atoms with van der Waals surface area (Å²) in [6.07, 6.45) is 0. The zero-order valence-electron chi connectivity index (χ0n) is 11.7. The molecule has 0 heterocycles. The minimum atomic E-state index is -0.890. The van der Waals surface area contributed by atoms with Crippen LogP contribution in [0, 0.1) is 10.8 Å². The van der Waals surface area contributed by atoms with Crippen LogP contribution >= 0.6 is 0 Å². The molecule has 0 bridgehead atoms. The molecular formula is C12H26O7. The first-order valence-electron chi connectivity index (χ1n) is 6.06. The largest absolute Gasteiger partial charge is 0.396 e. The van der Waals surface area contributed by atoms with Crippen molar-refractivity contribution < 1.29 is 34.6 Å². The zero-order chi connectivity index (χ0) is 14.8. The van der Waals surface area contributed by atoms with Gasteiger partial charge in [0.1, 0.15) is 0 Å². The molecule has 0 aliphatic rings. The molecule has 0 aliphatic carbocycles. The zero-order valence-corrected chi connectivity index (χ0v) is 11.7. The summed E-state index contributed by atoms with van der Waals surface area (Å²) in [7, 11) is 2.94. The minimum absolute atomic E-state index is 0.0549. The number of hydrogen-bond acceptors (Lipinski definition) is 7. The van der Waals surface area contributed by atoms with E-state index in [4.69, 9.17) is 14.2 Å². The SMILES string of the molecule is COCC(CO)(CO)COCC(CO)(CO)COC. The lowest BCUT2D eigenvalue weighted by molar-refractivity contribution is -0.111. The van der Waals surface area contributed by atoms with Crippen molar-refractivity contribution in [2.75, 3.05) is 67.1 Å². The van der Waals surface area contributed by atoms with Gasteiger partial charge in [0, 0.05) is 14.2 Å². The van der Waals surface area contributed by atoms with Gasteiger partial charge in [-0.1, -0.05) is 0 Å². The highest BCUT2D eigenvalue weighted by molar-refractivity contribution is 4.80. The van der Waals surface area contributed by atoms with Crippen LogP contribution < -0.4 is 0 Å². The van der Waals surface area contributed by atoms with Crippen molar-refractivity contribution in [1.82, 2.24) is 0 Å². The van der Waals surface area contributed by atoms with Crippen LogP contribution in [0.4, 0.5) is 0 Å². The second-order valence-electron chi connectivity index (χ2n) is 4.99. The number of aliphatic hydroxyl groups excluding tert-OH is 4. The summed E-state index contributed by atoms with van der Waals surface area (Å²) in [4.78, 5) is 0. The fourth-order valence-corrected chi connectivity index (χ4v) is 1.64. The second kappa shape index (κ2) is 9.60. The highest BCUT2D eigenvalue weighted by atomic mass is 16.5. The second-order valence-corrected chi connectivity index (χ2v) is 4.99. The summed E-state index contributed by atoms with van der Waals surface area (Å²) in [5.74, 6) is 0. The Kier molecular flexibility index (Phi) is 9.46. The molecule has 0 saturated heterocycles. The molecule has 0 fully saturated rings. The first-order chi connectivity index (χ1) is 9.07. The maximum Gasteiger partial charge on any atom is 0.0632 e. The molecule has 0 atom stereocenters. The van der Waals surface area contributed by atoms with Crippen molar-refractivity contribution in [3.8, 4) is 0 Å². The van der Waals surface area contributed by atoms with E-state index in [1.807, 2.05) is 0 Å². The summed E-state index contributed by atoms with van der Waals surface area (Å²) < 4.78 is 15.3. The van der Waals surface area contributed by atoms with Crippen molar-refractivity contribution in [2.45, 2.75) is 0 Å². The van der Waals surface area contributed by atoms with Crippen LogP contribution in [-0.2, 0) is 14.2 Å². The van der Waals surface area contributed by atoms with Crippen molar-refractivity contribution in [3.05, 3.63) is 0 Å². The Bertz CT molecular complexity index is 192. The van der Waals surface area contributed by atoms with Gasteiger partial charge < -0.3 is 34.6 Å². The number of aliphatic hydroxyl groups is 4. The molecule has 0 amide bonds. The summed E-state index contributed by atoms with van der Waals surface area (Å²) in [6.45, 7) is -0.733. The monoisotopic (exact) mass is 282 g/mol. The Morgan fingerprint density at radius 2 is 0.947 bits per heavy atom. The average Bonchev–Trinajstić information content (AvgIpc) is 2.45. The van der Waals surface area contributed by atoms with Crippen LogP contribution in [0.25, 0.3) is 0 Å². The maximum absolute atomic E-state index is 9.31. The first-order valence-corrected chi connectivity index (χ1v) is 6.06. The lowest BCUT2D eigenvalue weighted by Crippen LogP contribution is -2.43. The number of methoxy groups -OCH3 is 2. The molecule has 0 aromatic heterocycles. The summed E-state index contributed by atoms with van der Waals surface area (Å²) in [5.41, 5.74) is -1.78. The third-order valence-electron chi connectivity index (χ3n) is 3.06. The van der Waals surface area contributed by atoms with E-state index >= 15 is 0 Å². The number of rotatable bonds is 12. The molecule has 0 spiro atoms. The molecule has 0 aromatic carbocycles. The third-order valence-corrected chi connectivity index (χ3v) is 3.06. The Morgan fingerprint density at radius 1 is 0.632 bits per heavy atom. The van der Waals surface area contributed by atoms with Gasteiger partial charge in [-0.2, -0.15) is 0 Å². The quantitative estimate of drug-likeness (QED) is 0.336. The number of ether oxygens (including phenoxy) is 3. The average molecular weight is 282 g/mol. The minimum Gasteiger partial charge on any atom is -0.396 e. The van der Waals surface area contributed by atoms with E-state index in [0.29, 0.717) is 0 Å². The van der Waals surface area contributed by atoms with Gasteiger partial charge in [-0.25, -0.2) is 0 Å². The summed E-state index contributed by atoms with van der Waals surface area (Å²) in [5, 5.41) is 37.2. The van der Waals surface area contributed by atoms with Gasteiger partial charge in [0.25, 0.3) is 0 Å². The number of hydrogen-bond donors (Lipinski definition) is 4. The van der Waals surface area contributed by atoms with Gasteiger partial charge in [0.15, 0.2) is 0 Å². The van der Waals surface area contributed by atoms with E-state index < -0.39 is 10.8 Å². The van der Waals surface area contributed by atoms with Crippen molar-refractivity contribution in [2.24, 2.45) is 10.8 Å². The van der Waals surface area contributed by atoms with E-state index in [9.17, 15) is 20.4 Å². The van der Waals surface area contributed by atoms with Gasteiger partial charge >= 0.3 is 0 Å². The fraction of sp³-hybridized carbons (Fsp3) is 1.00. The van der Waals surface area contributed by atoms with Gasteiger partial charge in [-0.3, -0.25) is 0 Å². The third kappa shape index (κ3) is 5.70. The lowest BCUT2D eigenvalue weighted by Gasteiger charge is -2.32. The van der Waals surface area contributed by atoms with E-state index in [1.54, 1.807) is 0 Å². The fourth-order valence-electron chi connectivity index (χ4n) is 1.64. The molecular weight excluding hydrogens is 256 g/mol. The molecule has 0 aliphatic heterocycles. The van der Waals surface area contributed by atoms with Gasteiger partial charge in [-0.05, 0) is 0 Å². The van der Waals surface area contributed by atoms with E-state index in [2.05, 4.69) is 0 Å². The Labute approximate surface area is 113 Å². The molecule has 0 rings (SSSR count). The normalized spacial score (nSPS) is 12.9. The molecule has 7 heteroatoms. The molecule has 7 nitrogen and oxygen atoms in total. The van der Waals surface area contributed by atoms with Crippen LogP contribution in [0.15, 0.2) is 0 Å². The van der Waals surface area contributed by atoms with Gasteiger partial charge in [0.05, 0.1) is 63.7 Å². The molecule has 0 saturated carbocycles. The maximum atomic E-state index is 9.31. The smallest absolute Gasteiger partial charge is 0.0632 e. The van der Waals surface area contributed by atoms with Crippen LogP contribution in [0.5, 0.6) is 0 Å². The first kappa shape index (κ1) is 18.7. The van der Waals surface area contributed by atoms with Crippen molar-refractivity contribution in [3.63, 3.8) is 0 Å². The van der Waals surface area contributed by atoms with Gasteiger partial charge in [-0.15, -0.1) is 0 Å². The molecule has 0 radical (unpaired) electrons. The summed E-state index contributed by atoms with van der Waals surface area (Å²) in [6, 6.07) is 0. The standard InChI is InChI=1S/C12H26O7/c1-17-7-11(3-13,4-14)9-19-10-12(5-15,6-16)8-18-2/h13-16H,3-10H2,1-2H3. The predicted molar refractivity (Wildman–Crippen MR) is 67.8 cm³/mol. The molecule has 19 heavy (non-hydrogen) atoms. The highest BCUT2D eigenvalue weighted by Crippen LogP contribution is 2.21. The van der Waals surface area contributed by atoms with Crippen molar-refractivity contribution in [1.29, 1.82) is 0 Å². The van der Waals surface area contributed by atoms with Crippen LogP contribution in [0.2, 0.25) is 0 Å². The Morgan fingerprint density at radius 3 is 1.16 bits per heavy atom. The van der Waals surface area contributed by atoms with E-state index in [-0.39, 0.29) is 52.9 Å². The highest BCUT2D eigenvalue weighted by Gasteiger charge is 2.33. The molecule has 116 valence electrons. The molecule has 0 aromatic rings. The van der Waals surface area contributed by atoms with Crippen molar-refractivity contribution >= 4 is 0 Å². The summed E-state index contributed by atoms with van der Waals surface area (Å²) >= 11 is 0. The Hall–Kier alpha value is -0.280. The van der Waals surface area contributed by atoms with Crippen LogP contribution in [0.3, 0.4) is 0 Å². The van der Waals surface area contributed by atoms with Gasteiger partial charge in [0.2, 0.25) is 0 Å². The van der Waals surface area contributed by atoms with E-state index in [1.165, 1.54) is 14.2 Å².